The Balaban J connectivity index is 1.87. The lowest BCUT2D eigenvalue weighted by Crippen LogP contribution is -2.44. The topological polar surface area (TPSA) is 56.8 Å². The lowest BCUT2D eigenvalue weighted by atomic mass is 10.1. The Morgan fingerprint density at radius 3 is 2.78 bits per heavy atom. The van der Waals surface area contributed by atoms with Gasteiger partial charge in [-0.1, -0.05) is 0 Å². The normalized spacial score (nSPS) is 20.6. The molecule has 0 atom stereocenters. The third-order valence-corrected chi connectivity index (χ3v) is 3.93. The second-order valence-electron chi connectivity index (χ2n) is 5.21. The smallest absolute Gasteiger partial charge is 0.157 e. The van der Waals surface area contributed by atoms with Crippen LogP contribution in [0.1, 0.15) is 24.3 Å². The Labute approximate surface area is 106 Å². The molecule has 94 valence electrons. The zero-order valence-electron chi connectivity index (χ0n) is 10.3. The Hall–Kier alpha value is -1.62. The van der Waals surface area contributed by atoms with Crippen molar-refractivity contribution in [2.75, 3.05) is 31.1 Å². The number of aromatic amines is 1. The Morgan fingerprint density at radius 1 is 1.17 bits per heavy atom. The fraction of sp³-hybridized carbons (Fsp3) is 0.538. The second-order valence-corrected chi connectivity index (χ2v) is 5.21. The van der Waals surface area contributed by atoms with Crippen LogP contribution in [0, 0.1) is 0 Å². The van der Waals surface area contributed by atoms with E-state index in [4.69, 9.17) is 0 Å². The molecular formula is C13H17N5. The fourth-order valence-electron chi connectivity index (χ4n) is 2.84. The molecule has 0 aromatic carbocycles. The number of anilines is 1. The quantitative estimate of drug-likeness (QED) is 0.833. The van der Waals surface area contributed by atoms with E-state index in [2.05, 4.69) is 31.6 Å². The number of pyridine rings is 1. The van der Waals surface area contributed by atoms with Crippen molar-refractivity contribution in [2.45, 2.75) is 18.8 Å². The van der Waals surface area contributed by atoms with Crippen molar-refractivity contribution in [3.05, 3.63) is 18.0 Å². The monoisotopic (exact) mass is 243 g/mol. The lowest BCUT2D eigenvalue weighted by Gasteiger charge is -2.31. The molecule has 2 fully saturated rings. The molecule has 0 radical (unpaired) electrons. The van der Waals surface area contributed by atoms with Gasteiger partial charge in [-0.25, -0.2) is 4.98 Å². The van der Waals surface area contributed by atoms with E-state index in [1.165, 1.54) is 29.5 Å². The molecule has 0 amide bonds. The summed E-state index contributed by atoms with van der Waals surface area (Å²) in [6, 6.07) is 0. The largest absolute Gasteiger partial charge is 0.368 e. The van der Waals surface area contributed by atoms with Crippen LogP contribution in [-0.2, 0) is 0 Å². The molecule has 1 saturated heterocycles. The summed E-state index contributed by atoms with van der Waals surface area (Å²) in [6.07, 6.45) is 6.59. The van der Waals surface area contributed by atoms with E-state index in [1.807, 2.05) is 6.20 Å². The summed E-state index contributed by atoms with van der Waals surface area (Å²) in [4.78, 5) is 6.99. The van der Waals surface area contributed by atoms with Crippen LogP contribution >= 0.6 is 0 Å². The van der Waals surface area contributed by atoms with E-state index in [1.54, 1.807) is 0 Å². The molecule has 5 heteroatoms. The minimum atomic E-state index is 0.724. The summed E-state index contributed by atoms with van der Waals surface area (Å²) in [5, 5.41) is 11.7. The van der Waals surface area contributed by atoms with Crippen LogP contribution in [0.3, 0.4) is 0 Å². The molecule has 2 aliphatic rings. The van der Waals surface area contributed by atoms with Gasteiger partial charge in [0, 0.05) is 32.4 Å². The van der Waals surface area contributed by atoms with Crippen LogP contribution in [0.5, 0.6) is 0 Å². The van der Waals surface area contributed by atoms with E-state index < -0.39 is 0 Å². The number of nitrogens with one attached hydrogen (secondary N) is 2. The van der Waals surface area contributed by atoms with E-state index >= 15 is 0 Å². The molecule has 0 spiro atoms. The van der Waals surface area contributed by atoms with Crippen LogP contribution in [0.25, 0.3) is 11.0 Å². The minimum absolute atomic E-state index is 0.724. The Bertz CT molecular complexity index is 566. The first-order valence-electron chi connectivity index (χ1n) is 6.71. The minimum Gasteiger partial charge on any atom is -0.368 e. The molecular weight excluding hydrogens is 226 g/mol. The number of rotatable bonds is 2. The van der Waals surface area contributed by atoms with Crippen molar-refractivity contribution in [1.82, 2.24) is 20.5 Å². The van der Waals surface area contributed by atoms with Crippen molar-refractivity contribution in [3.63, 3.8) is 0 Å². The predicted octanol–water partition coefficient (Wildman–Crippen LogP) is 1.24. The SMILES string of the molecule is c1nc2[nH]ncc2c(N2CCNCC2)c1C1CC1. The fourth-order valence-corrected chi connectivity index (χ4v) is 2.84. The molecule has 2 aromatic heterocycles. The highest BCUT2D eigenvalue weighted by atomic mass is 15.2. The molecule has 0 bridgehead atoms. The van der Waals surface area contributed by atoms with Gasteiger partial charge in [-0.3, -0.25) is 5.10 Å². The van der Waals surface area contributed by atoms with Crippen molar-refractivity contribution >= 4 is 16.7 Å². The Morgan fingerprint density at radius 2 is 2.00 bits per heavy atom. The predicted molar refractivity (Wildman–Crippen MR) is 70.9 cm³/mol. The number of piperazine rings is 1. The third kappa shape index (κ3) is 1.58. The molecule has 2 N–H and O–H groups in total. The second kappa shape index (κ2) is 3.95. The van der Waals surface area contributed by atoms with Crippen molar-refractivity contribution in [3.8, 4) is 0 Å². The molecule has 4 rings (SSSR count). The highest BCUT2D eigenvalue weighted by molar-refractivity contribution is 5.91. The maximum atomic E-state index is 4.50. The highest BCUT2D eigenvalue weighted by Gasteiger charge is 2.30. The van der Waals surface area contributed by atoms with Crippen LogP contribution in [0.2, 0.25) is 0 Å². The average molecular weight is 243 g/mol. The van der Waals surface area contributed by atoms with Crippen molar-refractivity contribution in [1.29, 1.82) is 0 Å². The molecule has 3 heterocycles. The number of H-pyrrole nitrogens is 1. The molecule has 1 aliphatic carbocycles. The van der Waals surface area contributed by atoms with Gasteiger partial charge in [0.05, 0.1) is 17.3 Å². The van der Waals surface area contributed by atoms with E-state index in [9.17, 15) is 0 Å². The van der Waals surface area contributed by atoms with E-state index in [0.29, 0.717) is 0 Å². The average Bonchev–Trinajstić information content (AvgIpc) is 3.16. The van der Waals surface area contributed by atoms with Crippen molar-refractivity contribution < 1.29 is 0 Å². The van der Waals surface area contributed by atoms with Crippen molar-refractivity contribution in [2.24, 2.45) is 0 Å². The van der Waals surface area contributed by atoms with Gasteiger partial charge in [0.25, 0.3) is 0 Å². The maximum absolute atomic E-state index is 4.50. The number of hydrogen-bond donors (Lipinski definition) is 2. The summed E-state index contributed by atoms with van der Waals surface area (Å²) < 4.78 is 0. The van der Waals surface area contributed by atoms with Gasteiger partial charge in [-0.15, -0.1) is 0 Å². The van der Waals surface area contributed by atoms with Gasteiger partial charge in [-0.2, -0.15) is 5.10 Å². The Kier molecular flexibility index (Phi) is 2.26. The van der Waals surface area contributed by atoms with Gasteiger partial charge in [0.15, 0.2) is 5.65 Å². The summed E-state index contributed by atoms with van der Waals surface area (Å²) in [6.45, 7) is 4.27. The first-order chi connectivity index (χ1) is 8.93. The standard InChI is InChI=1S/C13H17N5/c1-2-9(1)10-7-15-13-11(8-16-17-13)12(10)18-5-3-14-4-6-18/h7-9,14H,1-6H2,(H,15,16,17). The van der Waals surface area contributed by atoms with Crippen LogP contribution in [0.15, 0.2) is 12.4 Å². The first-order valence-corrected chi connectivity index (χ1v) is 6.71. The molecule has 0 unspecified atom stereocenters. The zero-order valence-corrected chi connectivity index (χ0v) is 10.3. The molecule has 18 heavy (non-hydrogen) atoms. The number of aromatic nitrogens is 3. The lowest BCUT2D eigenvalue weighted by molar-refractivity contribution is 0.589. The van der Waals surface area contributed by atoms with Crippen LogP contribution in [0.4, 0.5) is 5.69 Å². The van der Waals surface area contributed by atoms with E-state index in [-0.39, 0.29) is 0 Å². The summed E-state index contributed by atoms with van der Waals surface area (Å²) in [7, 11) is 0. The van der Waals surface area contributed by atoms with Gasteiger partial charge >= 0.3 is 0 Å². The third-order valence-electron chi connectivity index (χ3n) is 3.93. The molecule has 1 aliphatic heterocycles. The van der Waals surface area contributed by atoms with Gasteiger partial charge in [-0.05, 0) is 24.3 Å². The van der Waals surface area contributed by atoms with Gasteiger partial charge in [0.1, 0.15) is 0 Å². The molecule has 2 aromatic rings. The first kappa shape index (κ1) is 10.3. The highest BCUT2D eigenvalue weighted by Crippen LogP contribution is 2.46. The number of nitrogens with zero attached hydrogens (tertiary/aromatic N) is 3. The summed E-state index contributed by atoms with van der Waals surface area (Å²) >= 11 is 0. The van der Waals surface area contributed by atoms with Gasteiger partial charge in [0.2, 0.25) is 0 Å². The van der Waals surface area contributed by atoms with E-state index in [0.717, 1.165) is 37.7 Å². The molecule has 5 nitrogen and oxygen atoms in total. The summed E-state index contributed by atoms with van der Waals surface area (Å²) in [5.74, 6) is 0.724. The number of hydrogen-bond acceptors (Lipinski definition) is 4. The van der Waals surface area contributed by atoms with Crippen LogP contribution < -0.4 is 10.2 Å². The van der Waals surface area contributed by atoms with Crippen LogP contribution in [-0.4, -0.2) is 41.4 Å². The molecule has 1 saturated carbocycles. The maximum Gasteiger partial charge on any atom is 0.157 e. The zero-order chi connectivity index (χ0) is 11.9. The van der Waals surface area contributed by atoms with Gasteiger partial charge < -0.3 is 10.2 Å². The summed E-state index contributed by atoms with van der Waals surface area (Å²) in [5.41, 5.74) is 3.71. The number of fused-ring (bicyclic) bond motifs is 1.